The molecule has 1 aliphatic heterocycles. The predicted molar refractivity (Wildman–Crippen MR) is 217 cm³/mol. The van der Waals surface area contributed by atoms with Gasteiger partial charge in [0.25, 0.3) is 7.82 Å². The largest absolute Gasteiger partial charge is 0.756 e. The fourth-order valence-corrected chi connectivity index (χ4v) is 8.29. The number of hydrogen-bond donors (Lipinski definition) is 8. The third kappa shape index (κ3) is 20.4. The number of aliphatic hydroxyl groups is 7. The highest BCUT2D eigenvalue weighted by atomic mass is 31.2. The topological polar surface area (TPSA) is 297 Å². The molecular formula is C41H77NO17P-. The summed E-state index contributed by atoms with van der Waals surface area (Å²) < 4.78 is 44.7. The summed E-state index contributed by atoms with van der Waals surface area (Å²) in [7, 11) is -5.54. The van der Waals surface area contributed by atoms with E-state index in [1.54, 1.807) is 0 Å². The van der Waals surface area contributed by atoms with E-state index in [-0.39, 0.29) is 12.8 Å². The summed E-state index contributed by atoms with van der Waals surface area (Å²) in [5.74, 6) is -1.22. The first kappa shape index (κ1) is 54.8. The first-order valence-corrected chi connectivity index (χ1v) is 23.9. The molecule has 0 spiro atoms. The standard InChI is InChI=1S/C41H78NO17P/c1-3-5-7-9-11-13-15-17-19-21-23-30(44)54-26-28(56-31(45)24-22-20-18-16-14-12-10-8-6-4-2)27-55-60(52,53)59-40-37(50)35(48)36(49)39(38(40)51)58-41-32(42)34(47)33(46)29(25-43)57-41/h28-29,32-41,43,46-51H,3-27,42H2,1-2H3,(H,52,53)/p-1/t28-,29-,32-,33-,34-,35+,36+,37+,38+,39-,40-,41-/m1/s1. The second-order valence-electron chi connectivity index (χ2n) is 16.3. The highest BCUT2D eigenvalue weighted by Gasteiger charge is 2.54. The summed E-state index contributed by atoms with van der Waals surface area (Å²) in [6.45, 7) is 2.19. The third-order valence-electron chi connectivity index (χ3n) is 11.1. The minimum absolute atomic E-state index is 0.0382. The van der Waals surface area contributed by atoms with Gasteiger partial charge in [0.1, 0.15) is 61.5 Å². The summed E-state index contributed by atoms with van der Waals surface area (Å²) >= 11 is 0. The minimum atomic E-state index is -5.54. The van der Waals surface area contributed by atoms with Crippen LogP contribution in [0, 0.1) is 0 Å². The second kappa shape index (κ2) is 30.7. The number of hydrogen-bond acceptors (Lipinski definition) is 18. The van der Waals surface area contributed by atoms with Gasteiger partial charge in [-0.2, -0.15) is 0 Å². The summed E-state index contributed by atoms with van der Waals surface area (Å²) in [6.07, 6.45) is 0.935. The van der Waals surface area contributed by atoms with Crippen molar-refractivity contribution in [2.24, 2.45) is 5.73 Å². The third-order valence-corrected chi connectivity index (χ3v) is 12.1. The minimum Gasteiger partial charge on any atom is -0.756 e. The van der Waals surface area contributed by atoms with Crippen molar-refractivity contribution < 1.29 is 82.8 Å². The Morgan fingerprint density at radius 1 is 0.633 bits per heavy atom. The number of carbonyl (C=O) groups is 2. The Morgan fingerprint density at radius 3 is 1.60 bits per heavy atom. The maximum Gasteiger partial charge on any atom is 0.306 e. The molecule has 0 aromatic heterocycles. The van der Waals surface area contributed by atoms with Crippen LogP contribution in [0.5, 0.6) is 0 Å². The van der Waals surface area contributed by atoms with E-state index in [2.05, 4.69) is 13.8 Å². The number of ether oxygens (including phenoxy) is 4. The van der Waals surface area contributed by atoms with Crippen molar-refractivity contribution in [1.29, 1.82) is 0 Å². The SMILES string of the molecule is CCCCCCCCCCCCC(=O)OC[C@H](COP(=O)([O-])O[C@H]1[C@@H](O)[C@H](O[C@H]2O[C@H](CO)[C@@H](O)[C@H](O)[C@H]2N)[C@@H](O)[C@H](O)[C@@H]1O)OC(=O)CCCCCCCCCCCC. The van der Waals surface area contributed by atoms with Crippen LogP contribution in [0.1, 0.15) is 155 Å². The monoisotopic (exact) mass is 886 g/mol. The lowest BCUT2D eigenvalue weighted by Crippen LogP contribution is -2.68. The molecule has 1 unspecified atom stereocenters. The van der Waals surface area contributed by atoms with Crippen molar-refractivity contribution in [1.82, 2.24) is 0 Å². The molecule has 2 aliphatic rings. The number of rotatable bonds is 33. The van der Waals surface area contributed by atoms with Gasteiger partial charge < -0.3 is 74.4 Å². The van der Waals surface area contributed by atoms with Crippen molar-refractivity contribution in [2.75, 3.05) is 19.8 Å². The van der Waals surface area contributed by atoms with Crippen LogP contribution in [-0.2, 0) is 42.1 Å². The van der Waals surface area contributed by atoms with Gasteiger partial charge in [-0.05, 0) is 12.8 Å². The first-order chi connectivity index (χ1) is 28.7. The maximum absolute atomic E-state index is 13.1. The van der Waals surface area contributed by atoms with E-state index in [0.717, 1.165) is 51.4 Å². The molecule has 1 heterocycles. The van der Waals surface area contributed by atoms with Gasteiger partial charge in [-0.25, -0.2) is 0 Å². The van der Waals surface area contributed by atoms with Gasteiger partial charge in [-0.3, -0.25) is 14.2 Å². The van der Waals surface area contributed by atoms with E-state index < -0.39 is 113 Å². The van der Waals surface area contributed by atoms with Crippen LogP contribution in [0.25, 0.3) is 0 Å². The molecular weight excluding hydrogens is 809 g/mol. The van der Waals surface area contributed by atoms with Gasteiger partial charge in [0.05, 0.1) is 19.3 Å². The van der Waals surface area contributed by atoms with Gasteiger partial charge in [0.2, 0.25) is 0 Å². The number of carbonyl (C=O) groups excluding carboxylic acids is 2. The number of esters is 2. The van der Waals surface area contributed by atoms with Crippen LogP contribution in [0.3, 0.4) is 0 Å². The molecule has 0 bridgehead atoms. The van der Waals surface area contributed by atoms with E-state index in [4.69, 9.17) is 33.7 Å². The van der Waals surface area contributed by atoms with Crippen LogP contribution >= 0.6 is 7.82 Å². The quantitative estimate of drug-likeness (QED) is 0.0267. The Labute approximate surface area is 356 Å². The predicted octanol–water partition coefficient (Wildman–Crippen LogP) is 2.54. The van der Waals surface area contributed by atoms with E-state index in [0.29, 0.717) is 12.8 Å². The summed E-state index contributed by atoms with van der Waals surface area (Å²) in [6, 6.07) is -1.49. The Kier molecular flexibility index (Phi) is 28.0. The Bertz CT molecular complexity index is 1200. The normalized spacial score (nSPS) is 29.8. The average molecular weight is 887 g/mol. The molecule has 0 radical (unpaired) electrons. The highest BCUT2D eigenvalue weighted by Crippen LogP contribution is 2.44. The molecule has 0 aromatic rings. The first-order valence-electron chi connectivity index (χ1n) is 22.4. The molecule has 1 saturated heterocycles. The molecule has 9 N–H and O–H groups in total. The van der Waals surface area contributed by atoms with Crippen molar-refractivity contribution in [2.45, 2.75) is 228 Å². The number of unbranched alkanes of at least 4 members (excludes halogenated alkanes) is 18. The molecule has 18 nitrogen and oxygen atoms in total. The fourth-order valence-electron chi connectivity index (χ4n) is 7.33. The molecule has 60 heavy (non-hydrogen) atoms. The van der Waals surface area contributed by atoms with Crippen LogP contribution in [0.4, 0.5) is 0 Å². The van der Waals surface area contributed by atoms with Crippen molar-refractivity contribution in [3.63, 3.8) is 0 Å². The van der Waals surface area contributed by atoms with Crippen molar-refractivity contribution in [3.8, 4) is 0 Å². The van der Waals surface area contributed by atoms with Gasteiger partial charge in [0.15, 0.2) is 12.4 Å². The zero-order valence-corrected chi connectivity index (χ0v) is 36.7. The Hall–Kier alpha value is -1.35. The lowest BCUT2D eigenvalue weighted by molar-refractivity contribution is -0.319. The highest BCUT2D eigenvalue weighted by molar-refractivity contribution is 7.45. The average Bonchev–Trinajstić information content (AvgIpc) is 3.22. The maximum atomic E-state index is 13.1. The molecule has 19 heteroatoms. The molecule has 13 atom stereocenters. The van der Waals surface area contributed by atoms with Gasteiger partial charge in [-0.1, -0.05) is 129 Å². The second-order valence-corrected chi connectivity index (χ2v) is 17.7. The van der Waals surface area contributed by atoms with Crippen LogP contribution in [-0.4, -0.2) is 141 Å². The van der Waals surface area contributed by atoms with E-state index in [1.807, 2.05) is 0 Å². The van der Waals surface area contributed by atoms with E-state index in [1.165, 1.54) is 64.2 Å². The number of nitrogens with two attached hydrogens (primary N) is 1. The smallest absolute Gasteiger partial charge is 0.306 e. The molecule has 2 rings (SSSR count). The van der Waals surface area contributed by atoms with Crippen LogP contribution in [0.15, 0.2) is 0 Å². The zero-order valence-electron chi connectivity index (χ0n) is 35.8. The molecule has 0 amide bonds. The van der Waals surface area contributed by atoms with Gasteiger partial charge in [0, 0.05) is 12.8 Å². The summed E-state index contributed by atoms with van der Waals surface area (Å²) in [5.41, 5.74) is 5.88. The number of phosphoric acid groups is 1. The summed E-state index contributed by atoms with van der Waals surface area (Å²) in [4.78, 5) is 38.5. The Balaban J connectivity index is 1.98. The molecule has 0 aromatic carbocycles. The molecule has 354 valence electrons. The van der Waals surface area contributed by atoms with Crippen molar-refractivity contribution in [3.05, 3.63) is 0 Å². The van der Waals surface area contributed by atoms with Crippen LogP contribution < -0.4 is 10.6 Å². The van der Waals surface area contributed by atoms with Crippen LogP contribution in [0.2, 0.25) is 0 Å². The number of aliphatic hydroxyl groups excluding tert-OH is 7. The fraction of sp³-hybridized carbons (Fsp3) is 0.951. The molecule has 1 saturated carbocycles. The lowest BCUT2D eigenvalue weighted by Gasteiger charge is -2.47. The van der Waals surface area contributed by atoms with Gasteiger partial charge in [-0.15, -0.1) is 0 Å². The lowest BCUT2D eigenvalue weighted by atomic mass is 9.84. The number of phosphoric ester groups is 1. The van der Waals surface area contributed by atoms with E-state index >= 15 is 0 Å². The zero-order chi connectivity index (χ0) is 44.5. The Morgan fingerprint density at radius 2 is 1.10 bits per heavy atom. The van der Waals surface area contributed by atoms with E-state index in [9.17, 15) is 54.8 Å². The molecule has 1 aliphatic carbocycles. The van der Waals surface area contributed by atoms with Gasteiger partial charge >= 0.3 is 11.9 Å². The summed E-state index contributed by atoms with van der Waals surface area (Å²) in [5, 5.41) is 72.7. The molecule has 2 fully saturated rings. The van der Waals surface area contributed by atoms with Crippen molar-refractivity contribution >= 4 is 19.8 Å².